The minimum absolute atomic E-state index is 0.497. The van der Waals surface area contributed by atoms with Gasteiger partial charge in [0.25, 0.3) is 0 Å². The lowest BCUT2D eigenvalue weighted by Gasteiger charge is -2.07. The third-order valence-corrected chi connectivity index (χ3v) is 1.38. The number of nitrogens with zero attached hydrogens (tertiary/aromatic N) is 3. The standard InChI is InChI=1S/C7H10ClN3/c1-11(2)4-6-3-7(8)10-5-9-6/h3,5H,4H2,1-2H3. The highest BCUT2D eigenvalue weighted by molar-refractivity contribution is 6.29. The molecule has 0 saturated heterocycles. The maximum absolute atomic E-state index is 5.66. The molecule has 0 unspecified atom stereocenters. The van der Waals surface area contributed by atoms with Gasteiger partial charge in [-0.1, -0.05) is 11.6 Å². The number of hydrogen-bond donors (Lipinski definition) is 0. The van der Waals surface area contributed by atoms with E-state index in [4.69, 9.17) is 11.6 Å². The van der Waals surface area contributed by atoms with Crippen LogP contribution in [0, 0.1) is 0 Å². The first-order chi connectivity index (χ1) is 5.18. The average Bonchev–Trinajstić information content (AvgIpc) is 1.85. The van der Waals surface area contributed by atoms with Crippen LogP contribution >= 0.6 is 11.6 Å². The van der Waals surface area contributed by atoms with Gasteiger partial charge in [0.1, 0.15) is 11.5 Å². The van der Waals surface area contributed by atoms with Crippen molar-refractivity contribution in [1.82, 2.24) is 14.9 Å². The van der Waals surface area contributed by atoms with Crippen LogP contribution in [0.1, 0.15) is 5.69 Å². The zero-order valence-corrected chi connectivity index (χ0v) is 7.34. The number of aromatic nitrogens is 2. The van der Waals surface area contributed by atoms with E-state index in [1.807, 2.05) is 19.0 Å². The summed E-state index contributed by atoms with van der Waals surface area (Å²) < 4.78 is 0. The second-order valence-corrected chi connectivity index (χ2v) is 2.96. The summed E-state index contributed by atoms with van der Waals surface area (Å²) in [5.41, 5.74) is 0.940. The van der Waals surface area contributed by atoms with Crippen molar-refractivity contribution < 1.29 is 0 Å². The third-order valence-electron chi connectivity index (χ3n) is 1.17. The van der Waals surface area contributed by atoms with Crippen LogP contribution in [0.3, 0.4) is 0 Å². The van der Waals surface area contributed by atoms with Crippen molar-refractivity contribution in [2.45, 2.75) is 6.54 Å². The van der Waals surface area contributed by atoms with E-state index in [9.17, 15) is 0 Å². The first kappa shape index (κ1) is 8.43. The summed E-state index contributed by atoms with van der Waals surface area (Å²) in [7, 11) is 3.96. The lowest BCUT2D eigenvalue weighted by molar-refractivity contribution is 0.396. The fourth-order valence-electron chi connectivity index (χ4n) is 0.781. The minimum atomic E-state index is 0.497. The highest BCUT2D eigenvalue weighted by Gasteiger charge is 1.96. The van der Waals surface area contributed by atoms with E-state index in [0.29, 0.717) is 5.15 Å². The normalized spacial score (nSPS) is 10.5. The van der Waals surface area contributed by atoms with E-state index in [1.165, 1.54) is 6.33 Å². The van der Waals surface area contributed by atoms with Crippen molar-refractivity contribution in [2.24, 2.45) is 0 Å². The Morgan fingerprint density at radius 2 is 2.18 bits per heavy atom. The van der Waals surface area contributed by atoms with E-state index >= 15 is 0 Å². The maximum atomic E-state index is 5.66. The molecule has 1 heterocycles. The molecule has 0 aliphatic carbocycles. The summed E-state index contributed by atoms with van der Waals surface area (Å²) in [6.07, 6.45) is 1.47. The van der Waals surface area contributed by atoms with Gasteiger partial charge in [0.05, 0.1) is 5.69 Å². The Hall–Kier alpha value is -0.670. The van der Waals surface area contributed by atoms with E-state index in [-0.39, 0.29) is 0 Å². The molecule has 11 heavy (non-hydrogen) atoms. The molecule has 0 aromatic carbocycles. The van der Waals surface area contributed by atoms with Crippen LogP contribution in [0.25, 0.3) is 0 Å². The molecular formula is C7H10ClN3. The summed E-state index contributed by atoms with van der Waals surface area (Å²) in [4.78, 5) is 9.85. The van der Waals surface area contributed by atoms with Gasteiger partial charge in [0.15, 0.2) is 0 Å². The summed E-state index contributed by atoms with van der Waals surface area (Å²) in [5.74, 6) is 0. The van der Waals surface area contributed by atoms with Gasteiger partial charge < -0.3 is 4.90 Å². The molecule has 0 N–H and O–H groups in total. The quantitative estimate of drug-likeness (QED) is 0.626. The van der Waals surface area contributed by atoms with E-state index in [1.54, 1.807) is 6.07 Å². The Morgan fingerprint density at radius 1 is 1.45 bits per heavy atom. The molecule has 4 heteroatoms. The minimum Gasteiger partial charge on any atom is -0.304 e. The van der Waals surface area contributed by atoms with Gasteiger partial charge in [-0.15, -0.1) is 0 Å². The molecule has 0 atom stereocenters. The van der Waals surface area contributed by atoms with Gasteiger partial charge in [-0.2, -0.15) is 0 Å². The maximum Gasteiger partial charge on any atom is 0.132 e. The summed E-state index contributed by atoms with van der Waals surface area (Å²) in [6.45, 7) is 0.794. The van der Waals surface area contributed by atoms with Crippen LogP contribution in [0.4, 0.5) is 0 Å². The molecule has 0 amide bonds. The highest BCUT2D eigenvalue weighted by Crippen LogP contribution is 2.04. The molecular weight excluding hydrogens is 162 g/mol. The predicted molar refractivity (Wildman–Crippen MR) is 44.4 cm³/mol. The Morgan fingerprint density at radius 3 is 2.73 bits per heavy atom. The molecule has 1 rings (SSSR count). The Labute approximate surface area is 71.0 Å². The van der Waals surface area contributed by atoms with Gasteiger partial charge in [-0.3, -0.25) is 0 Å². The molecule has 0 aliphatic heterocycles. The fourth-order valence-corrected chi connectivity index (χ4v) is 0.950. The first-order valence-corrected chi connectivity index (χ1v) is 3.67. The fraction of sp³-hybridized carbons (Fsp3) is 0.429. The van der Waals surface area contributed by atoms with Crippen LogP contribution in [0.15, 0.2) is 12.4 Å². The summed E-state index contributed by atoms with van der Waals surface area (Å²) in [6, 6.07) is 1.77. The van der Waals surface area contributed by atoms with Gasteiger partial charge in [0, 0.05) is 6.54 Å². The molecule has 0 fully saturated rings. The highest BCUT2D eigenvalue weighted by atomic mass is 35.5. The van der Waals surface area contributed by atoms with Crippen molar-refractivity contribution >= 4 is 11.6 Å². The zero-order valence-electron chi connectivity index (χ0n) is 6.58. The average molecular weight is 172 g/mol. The number of hydrogen-bond acceptors (Lipinski definition) is 3. The van der Waals surface area contributed by atoms with Crippen molar-refractivity contribution in [3.8, 4) is 0 Å². The second-order valence-electron chi connectivity index (χ2n) is 2.57. The van der Waals surface area contributed by atoms with E-state index in [2.05, 4.69) is 9.97 Å². The van der Waals surface area contributed by atoms with Crippen molar-refractivity contribution in [3.05, 3.63) is 23.2 Å². The Balaban J connectivity index is 2.71. The van der Waals surface area contributed by atoms with Crippen molar-refractivity contribution in [3.63, 3.8) is 0 Å². The monoisotopic (exact) mass is 171 g/mol. The predicted octanol–water partition coefficient (Wildman–Crippen LogP) is 1.19. The topological polar surface area (TPSA) is 29.0 Å². The second kappa shape index (κ2) is 3.64. The van der Waals surface area contributed by atoms with Crippen LogP contribution < -0.4 is 0 Å². The van der Waals surface area contributed by atoms with Crippen LogP contribution in [0.5, 0.6) is 0 Å². The summed E-state index contributed by atoms with van der Waals surface area (Å²) >= 11 is 5.66. The molecule has 1 aromatic rings. The molecule has 0 spiro atoms. The van der Waals surface area contributed by atoms with Crippen LogP contribution in [-0.4, -0.2) is 29.0 Å². The molecule has 0 radical (unpaired) electrons. The van der Waals surface area contributed by atoms with E-state index < -0.39 is 0 Å². The molecule has 60 valence electrons. The van der Waals surface area contributed by atoms with Gasteiger partial charge >= 0.3 is 0 Å². The molecule has 0 aliphatic rings. The SMILES string of the molecule is CN(C)Cc1cc(Cl)ncn1. The molecule has 0 bridgehead atoms. The van der Waals surface area contributed by atoms with Crippen LogP contribution in [0.2, 0.25) is 5.15 Å². The third kappa shape index (κ3) is 2.82. The Bertz CT molecular complexity index is 237. The smallest absolute Gasteiger partial charge is 0.132 e. The molecule has 1 aromatic heterocycles. The van der Waals surface area contributed by atoms with Gasteiger partial charge in [-0.25, -0.2) is 9.97 Å². The number of halogens is 1. The molecule has 3 nitrogen and oxygen atoms in total. The number of rotatable bonds is 2. The lowest BCUT2D eigenvalue weighted by Crippen LogP contribution is -2.11. The van der Waals surface area contributed by atoms with E-state index in [0.717, 1.165) is 12.2 Å². The Kier molecular flexibility index (Phi) is 2.79. The van der Waals surface area contributed by atoms with Gasteiger partial charge in [-0.05, 0) is 20.2 Å². The lowest BCUT2D eigenvalue weighted by atomic mass is 10.4. The van der Waals surface area contributed by atoms with Crippen molar-refractivity contribution in [2.75, 3.05) is 14.1 Å². The first-order valence-electron chi connectivity index (χ1n) is 3.29. The summed E-state index contributed by atoms with van der Waals surface area (Å²) in [5, 5.41) is 0.497. The largest absolute Gasteiger partial charge is 0.304 e. The van der Waals surface area contributed by atoms with Crippen LogP contribution in [-0.2, 0) is 6.54 Å². The zero-order chi connectivity index (χ0) is 8.27. The van der Waals surface area contributed by atoms with Crippen molar-refractivity contribution in [1.29, 1.82) is 0 Å². The molecule has 0 saturated carbocycles. The van der Waals surface area contributed by atoms with Gasteiger partial charge in [0.2, 0.25) is 0 Å².